The van der Waals surface area contributed by atoms with Crippen molar-refractivity contribution >= 4 is 15.9 Å². The molecule has 0 spiro atoms. The Labute approximate surface area is 125 Å². The summed E-state index contributed by atoms with van der Waals surface area (Å²) in [5.41, 5.74) is 2.83. The Kier molecular flexibility index (Phi) is 6.35. The van der Waals surface area contributed by atoms with Crippen LogP contribution in [-0.2, 0) is 6.42 Å². The van der Waals surface area contributed by atoms with Gasteiger partial charge < -0.3 is 10.6 Å². The molecule has 2 N–H and O–H groups in total. The molecule has 0 amide bonds. The lowest BCUT2D eigenvalue weighted by Crippen LogP contribution is -2.36. The van der Waals surface area contributed by atoms with Gasteiger partial charge in [-0.1, -0.05) is 28.4 Å². The second kappa shape index (κ2) is 8.03. The number of halogens is 1. The van der Waals surface area contributed by atoms with E-state index >= 15 is 0 Å². The number of piperidine rings is 1. The number of benzene rings is 1. The molecule has 0 bridgehead atoms. The van der Waals surface area contributed by atoms with Crippen LogP contribution in [0.25, 0.3) is 0 Å². The van der Waals surface area contributed by atoms with Crippen LogP contribution in [0.4, 0.5) is 0 Å². The van der Waals surface area contributed by atoms with Gasteiger partial charge in [-0.15, -0.1) is 0 Å². The summed E-state index contributed by atoms with van der Waals surface area (Å²) in [7, 11) is 0. The summed E-state index contributed by atoms with van der Waals surface area (Å²) in [6, 6.07) is 7.28. The highest BCUT2D eigenvalue weighted by molar-refractivity contribution is 9.10. The van der Waals surface area contributed by atoms with Crippen LogP contribution in [0.15, 0.2) is 22.7 Å². The average molecular weight is 325 g/mol. The van der Waals surface area contributed by atoms with Crippen molar-refractivity contribution in [1.82, 2.24) is 10.6 Å². The Hall–Kier alpha value is -0.380. The van der Waals surface area contributed by atoms with Crippen molar-refractivity contribution in [1.29, 1.82) is 0 Å². The molecule has 1 aromatic carbocycles. The van der Waals surface area contributed by atoms with Crippen LogP contribution in [-0.4, -0.2) is 25.7 Å². The Bertz CT molecular complexity index is 386. The molecule has 1 unspecified atom stereocenters. The standard InChI is InChI=1S/C16H25BrN2/c1-13-5-6-15(17)12-14(13)7-10-18-11-8-16-4-2-3-9-19-16/h5-6,12,16,18-19H,2-4,7-11H2,1H3. The lowest BCUT2D eigenvalue weighted by Gasteiger charge is -2.23. The molecular formula is C16H25BrN2. The fourth-order valence-electron chi connectivity index (χ4n) is 2.70. The first-order chi connectivity index (χ1) is 9.25. The Morgan fingerprint density at radius 1 is 1.32 bits per heavy atom. The van der Waals surface area contributed by atoms with Gasteiger partial charge in [-0.3, -0.25) is 0 Å². The summed E-state index contributed by atoms with van der Waals surface area (Å²) in [5.74, 6) is 0. The lowest BCUT2D eigenvalue weighted by atomic mass is 10.0. The minimum Gasteiger partial charge on any atom is -0.316 e. The fourth-order valence-corrected chi connectivity index (χ4v) is 3.11. The topological polar surface area (TPSA) is 24.1 Å². The van der Waals surface area contributed by atoms with E-state index in [1.165, 1.54) is 47.8 Å². The molecule has 0 aliphatic carbocycles. The first kappa shape index (κ1) is 15.0. The van der Waals surface area contributed by atoms with Crippen molar-refractivity contribution < 1.29 is 0 Å². The summed E-state index contributed by atoms with van der Waals surface area (Å²) >= 11 is 3.54. The number of rotatable bonds is 6. The molecule has 2 nitrogen and oxygen atoms in total. The van der Waals surface area contributed by atoms with Gasteiger partial charge in [0, 0.05) is 10.5 Å². The number of hydrogen-bond acceptors (Lipinski definition) is 2. The highest BCUT2D eigenvalue weighted by Crippen LogP contribution is 2.16. The van der Waals surface area contributed by atoms with E-state index in [2.05, 4.69) is 51.7 Å². The molecule has 1 saturated heterocycles. The molecule has 1 aliphatic heterocycles. The number of nitrogens with one attached hydrogen (secondary N) is 2. The van der Waals surface area contributed by atoms with E-state index in [4.69, 9.17) is 0 Å². The summed E-state index contributed by atoms with van der Waals surface area (Å²) in [6.45, 7) is 5.60. The van der Waals surface area contributed by atoms with Gasteiger partial charge in [-0.05, 0) is 75.5 Å². The first-order valence-corrected chi connectivity index (χ1v) is 8.24. The van der Waals surface area contributed by atoms with Crippen molar-refractivity contribution in [2.75, 3.05) is 19.6 Å². The predicted octanol–water partition coefficient (Wildman–Crippen LogP) is 3.42. The Morgan fingerprint density at radius 2 is 2.21 bits per heavy atom. The summed E-state index contributed by atoms with van der Waals surface area (Å²) < 4.78 is 1.18. The SMILES string of the molecule is Cc1ccc(Br)cc1CCNCCC1CCCCN1. The molecule has 0 aromatic heterocycles. The van der Waals surface area contributed by atoms with Gasteiger partial charge in [-0.2, -0.15) is 0 Å². The lowest BCUT2D eigenvalue weighted by molar-refractivity contribution is 0.377. The van der Waals surface area contributed by atoms with E-state index < -0.39 is 0 Å². The normalized spacial score (nSPS) is 19.6. The van der Waals surface area contributed by atoms with Crippen molar-refractivity contribution in [3.8, 4) is 0 Å². The minimum absolute atomic E-state index is 0.744. The molecule has 2 rings (SSSR count). The van der Waals surface area contributed by atoms with E-state index in [0.717, 1.165) is 25.6 Å². The van der Waals surface area contributed by atoms with Gasteiger partial charge in [-0.25, -0.2) is 0 Å². The molecule has 19 heavy (non-hydrogen) atoms. The van der Waals surface area contributed by atoms with Gasteiger partial charge in [0.1, 0.15) is 0 Å². The molecular weight excluding hydrogens is 300 g/mol. The van der Waals surface area contributed by atoms with Gasteiger partial charge in [0.15, 0.2) is 0 Å². The van der Waals surface area contributed by atoms with Gasteiger partial charge in [0.05, 0.1) is 0 Å². The molecule has 1 atom stereocenters. The Balaban J connectivity index is 1.62. The third-order valence-electron chi connectivity index (χ3n) is 3.96. The van der Waals surface area contributed by atoms with E-state index in [-0.39, 0.29) is 0 Å². The maximum atomic E-state index is 3.60. The van der Waals surface area contributed by atoms with Crippen LogP contribution < -0.4 is 10.6 Å². The molecule has 1 heterocycles. The quantitative estimate of drug-likeness (QED) is 0.783. The fraction of sp³-hybridized carbons (Fsp3) is 0.625. The van der Waals surface area contributed by atoms with Gasteiger partial charge >= 0.3 is 0 Å². The molecule has 0 saturated carbocycles. The largest absolute Gasteiger partial charge is 0.316 e. The van der Waals surface area contributed by atoms with E-state index in [1.807, 2.05) is 0 Å². The van der Waals surface area contributed by atoms with E-state index in [0.29, 0.717) is 0 Å². The van der Waals surface area contributed by atoms with Crippen LogP contribution in [0.5, 0.6) is 0 Å². The maximum absolute atomic E-state index is 3.60. The van der Waals surface area contributed by atoms with Crippen molar-refractivity contribution in [2.45, 2.75) is 45.1 Å². The Morgan fingerprint density at radius 3 is 3.00 bits per heavy atom. The highest BCUT2D eigenvalue weighted by atomic mass is 79.9. The number of aryl methyl sites for hydroxylation is 1. The zero-order chi connectivity index (χ0) is 13.5. The van der Waals surface area contributed by atoms with Crippen LogP contribution in [0.3, 0.4) is 0 Å². The zero-order valence-corrected chi connectivity index (χ0v) is 13.4. The average Bonchev–Trinajstić information content (AvgIpc) is 2.43. The first-order valence-electron chi connectivity index (χ1n) is 7.45. The molecule has 1 aromatic rings. The number of hydrogen-bond donors (Lipinski definition) is 2. The third-order valence-corrected chi connectivity index (χ3v) is 4.46. The molecule has 0 radical (unpaired) electrons. The predicted molar refractivity (Wildman–Crippen MR) is 85.7 cm³/mol. The summed E-state index contributed by atoms with van der Waals surface area (Å²) in [6.07, 6.45) is 6.48. The van der Waals surface area contributed by atoms with Crippen molar-refractivity contribution in [3.63, 3.8) is 0 Å². The minimum atomic E-state index is 0.744. The smallest absolute Gasteiger partial charge is 0.0178 e. The molecule has 1 fully saturated rings. The monoisotopic (exact) mass is 324 g/mol. The molecule has 1 aliphatic rings. The third kappa shape index (κ3) is 5.25. The van der Waals surface area contributed by atoms with Crippen molar-refractivity contribution in [2.24, 2.45) is 0 Å². The highest BCUT2D eigenvalue weighted by Gasteiger charge is 2.11. The van der Waals surface area contributed by atoms with Crippen LogP contribution in [0, 0.1) is 6.92 Å². The molecule has 106 valence electrons. The summed E-state index contributed by atoms with van der Waals surface area (Å²) in [5, 5.41) is 7.17. The second-order valence-electron chi connectivity index (χ2n) is 5.51. The molecule has 3 heteroatoms. The van der Waals surface area contributed by atoms with Gasteiger partial charge in [0.2, 0.25) is 0 Å². The van der Waals surface area contributed by atoms with Crippen LogP contribution >= 0.6 is 15.9 Å². The van der Waals surface area contributed by atoms with Crippen LogP contribution in [0.2, 0.25) is 0 Å². The second-order valence-corrected chi connectivity index (χ2v) is 6.42. The van der Waals surface area contributed by atoms with Crippen LogP contribution in [0.1, 0.15) is 36.8 Å². The van der Waals surface area contributed by atoms with E-state index in [9.17, 15) is 0 Å². The maximum Gasteiger partial charge on any atom is 0.0178 e. The zero-order valence-electron chi connectivity index (χ0n) is 11.8. The van der Waals surface area contributed by atoms with E-state index in [1.54, 1.807) is 0 Å². The van der Waals surface area contributed by atoms with Crippen molar-refractivity contribution in [3.05, 3.63) is 33.8 Å². The van der Waals surface area contributed by atoms with Gasteiger partial charge in [0.25, 0.3) is 0 Å². The summed E-state index contributed by atoms with van der Waals surface area (Å²) in [4.78, 5) is 0.